The predicted octanol–water partition coefficient (Wildman–Crippen LogP) is 2.17. The lowest BCUT2D eigenvalue weighted by molar-refractivity contribution is 1.41. The third-order valence-corrected chi connectivity index (χ3v) is 3.57. The number of anilines is 4. The van der Waals surface area contributed by atoms with Gasteiger partial charge in [0.15, 0.2) is 0 Å². The fourth-order valence-corrected chi connectivity index (χ4v) is 2.41. The summed E-state index contributed by atoms with van der Waals surface area (Å²) in [4.78, 5) is 1.67. The maximum atomic E-state index is 5.88. The summed E-state index contributed by atoms with van der Waals surface area (Å²) in [5.74, 6) is 0. The van der Waals surface area contributed by atoms with E-state index in [1.807, 2.05) is 12.1 Å². The predicted molar refractivity (Wildman–Crippen MR) is 74.7 cm³/mol. The molecule has 4 nitrogen and oxygen atoms in total. The normalized spacial score (nSPS) is 10.4. The van der Waals surface area contributed by atoms with Crippen LogP contribution in [0.3, 0.4) is 0 Å². The first-order valence-electron chi connectivity index (χ1n) is 5.04. The fraction of sp³-hybridized carbons (Fsp3) is 0. The summed E-state index contributed by atoms with van der Waals surface area (Å²) in [6, 6.07) is 10.8. The maximum absolute atomic E-state index is 5.88. The molecule has 8 N–H and O–H groups in total. The molecule has 2 aromatic rings. The first kappa shape index (κ1) is 11.5. The van der Waals surface area contributed by atoms with Gasteiger partial charge >= 0.3 is 0 Å². The lowest BCUT2D eigenvalue weighted by Gasteiger charge is -2.10. The molecule has 0 aromatic heterocycles. The van der Waals surface area contributed by atoms with Crippen LogP contribution in [0.4, 0.5) is 22.7 Å². The molecule has 0 fully saturated rings. The summed E-state index contributed by atoms with van der Waals surface area (Å²) in [6.07, 6.45) is 0. The van der Waals surface area contributed by atoms with Crippen molar-refractivity contribution < 1.29 is 0 Å². The van der Waals surface area contributed by atoms with Crippen molar-refractivity contribution in [3.63, 3.8) is 0 Å². The standard InChI is InChI=1S/C12H14N4S/c13-7-4-5-8(14)11(6-7)17-12-9(15)2-1-3-10(12)16/h1-6H,13-16H2. The van der Waals surface area contributed by atoms with Crippen molar-refractivity contribution in [3.05, 3.63) is 36.4 Å². The Morgan fingerprint density at radius 2 is 1.41 bits per heavy atom. The molecule has 0 aliphatic carbocycles. The van der Waals surface area contributed by atoms with Crippen molar-refractivity contribution >= 4 is 34.5 Å². The molecule has 0 amide bonds. The molecule has 0 saturated carbocycles. The van der Waals surface area contributed by atoms with E-state index in [1.165, 1.54) is 11.8 Å². The minimum atomic E-state index is 0.636. The zero-order valence-electron chi connectivity index (χ0n) is 9.18. The molecule has 88 valence electrons. The summed E-state index contributed by atoms with van der Waals surface area (Å²) in [5, 5.41) is 0. The second kappa shape index (κ2) is 4.47. The molecule has 0 aliphatic heterocycles. The van der Waals surface area contributed by atoms with Gasteiger partial charge in [-0.15, -0.1) is 0 Å². The number of nitrogens with two attached hydrogens (primary N) is 4. The molecule has 0 heterocycles. The van der Waals surface area contributed by atoms with Gasteiger partial charge in [-0.05, 0) is 30.3 Å². The van der Waals surface area contributed by atoms with Crippen LogP contribution in [0.1, 0.15) is 0 Å². The molecule has 17 heavy (non-hydrogen) atoms. The Balaban J connectivity index is 2.41. The Morgan fingerprint density at radius 1 is 0.765 bits per heavy atom. The van der Waals surface area contributed by atoms with E-state index in [4.69, 9.17) is 22.9 Å². The van der Waals surface area contributed by atoms with Crippen molar-refractivity contribution in [1.82, 2.24) is 0 Å². The van der Waals surface area contributed by atoms with Gasteiger partial charge in [-0.25, -0.2) is 0 Å². The molecule has 2 rings (SSSR count). The Kier molecular flexibility index (Phi) is 3.01. The number of hydrogen-bond acceptors (Lipinski definition) is 5. The molecule has 0 aliphatic rings. The molecule has 2 aromatic carbocycles. The van der Waals surface area contributed by atoms with Crippen LogP contribution in [0, 0.1) is 0 Å². The van der Waals surface area contributed by atoms with Crippen LogP contribution in [0.15, 0.2) is 46.2 Å². The average Bonchev–Trinajstić information content (AvgIpc) is 2.28. The molecule has 0 radical (unpaired) electrons. The van der Waals surface area contributed by atoms with Gasteiger partial charge < -0.3 is 22.9 Å². The highest BCUT2D eigenvalue weighted by Crippen LogP contribution is 2.39. The Hall–Kier alpha value is -2.01. The van der Waals surface area contributed by atoms with Crippen LogP contribution in [0.25, 0.3) is 0 Å². The molecule has 0 saturated heterocycles. The quantitative estimate of drug-likeness (QED) is 0.608. The van der Waals surface area contributed by atoms with E-state index in [0.717, 1.165) is 9.79 Å². The summed E-state index contributed by atoms with van der Waals surface area (Å²) < 4.78 is 0. The van der Waals surface area contributed by atoms with Crippen LogP contribution in [-0.4, -0.2) is 0 Å². The van der Waals surface area contributed by atoms with Gasteiger partial charge in [0.1, 0.15) is 0 Å². The molecule has 0 atom stereocenters. The van der Waals surface area contributed by atoms with Crippen molar-refractivity contribution in [1.29, 1.82) is 0 Å². The largest absolute Gasteiger partial charge is 0.399 e. The van der Waals surface area contributed by atoms with Crippen molar-refractivity contribution in [2.45, 2.75) is 9.79 Å². The van der Waals surface area contributed by atoms with Crippen LogP contribution < -0.4 is 22.9 Å². The van der Waals surface area contributed by atoms with Gasteiger partial charge in [0, 0.05) is 27.6 Å². The summed E-state index contributed by atoms with van der Waals surface area (Å²) in [6.45, 7) is 0. The molecular weight excluding hydrogens is 232 g/mol. The zero-order chi connectivity index (χ0) is 12.4. The Bertz CT molecular complexity index is 534. The molecule has 0 bridgehead atoms. The summed E-state index contributed by atoms with van der Waals surface area (Å²) in [7, 11) is 0. The van der Waals surface area contributed by atoms with E-state index in [2.05, 4.69) is 0 Å². The fourth-order valence-electron chi connectivity index (χ4n) is 1.44. The van der Waals surface area contributed by atoms with Crippen LogP contribution in [0.2, 0.25) is 0 Å². The van der Waals surface area contributed by atoms with E-state index < -0.39 is 0 Å². The second-order valence-electron chi connectivity index (χ2n) is 3.66. The number of hydrogen-bond donors (Lipinski definition) is 4. The molecule has 5 heteroatoms. The van der Waals surface area contributed by atoms with Crippen LogP contribution in [-0.2, 0) is 0 Å². The minimum absolute atomic E-state index is 0.636. The maximum Gasteiger partial charge on any atom is 0.0582 e. The van der Waals surface area contributed by atoms with Crippen molar-refractivity contribution in [2.75, 3.05) is 22.9 Å². The molecular formula is C12H14N4S. The van der Waals surface area contributed by atoms with E-state index >= 15 is 0 Å². The third kappa shape index (κ3) is 2.39. The van der Waals surface area contributed by atoms with Crippen LogP contribution in [0.5, 0.6) is 0 Å². The lowest BCUT2D eigenvalue weighted by atomic mass is 10.3. The highest BCUT2D eigenvalue weighted by Gasteiger charge is 2.08. The lowest BCUT2D eigenvalue weighted by Crippen LogP contribution is -1.96. The highest BCUT2D eigenvalue weighted by atomic mass is 32.2. The van der Waals surface area contributed by atoms with E-state index in [9.17, 15) is 0 Å². The van der Waals surface area contributed by atoms with E-state index in [0.29, 0.717) is 22.7 Å². The highest BCUT2D eigenvalue weighted by molar-refractivity contribution is 7.99. The first-order valence-corrected chi connectivity index (χ1v) is 5.86. The Labute approximate surface area is 104 Å². The average molecular weight is 246 g/mol. The number of benzene rings is 2. The van der Waals surface area contributed by atoms with Gasteiger partial charge in [0.2, 0.25) is 0 Å². The first-order chi connectivity index (χ1) is 8.08. The number of rotatable bonds is 2. The second-order valence-corrected chi connectivity index (χ2v) is 4.72. The van der Waals surface area contributed by atoms with Gasteiger partial charge in [0.05, 0.1) is 4.90 Å². The minimum Gasteiger partial charge on any atom is -0.399 e. The van der Waals surface area contributed by atoms with Crippen LogP contribution >= 0.6 is 11.8 Å². The van der Waals surface area contributed by atoms with Gasteiger partial charge in [0.25, 0.3) is 0 Å². The van der Waals surface area contributed by atoms with Crippen molar-refractivity contribution in [3.8, 4) is 0 Å². The van der Waals surface area contributed by atoms with Gasteiger partial charge in [-0.2, -0.15) is 0 Å². The monoisotopic (exact) mass is 246 g/mol. The molecule has 0 unspecified atom stereocenters. The van der Waals surface area contributed by atoms with E-state index in [1.54, 1.807) is 24.3 Å². The third-order valence-electron chi connectivity index (χ3n) is 2.33. The van der Waals surface area contributed by atoms with E-state index in [-0.39, 0.29) is 0 Å². The number of nitrogen functional groups attached to an aromatic ring is 4. The summed E-state index contributed by atoms with van der Waals surface area (Å²) in [5.41, 5.74) is 26.0. The van der Waals surface area contributed by atoms with Gasteiger partial charge in [-0.1, -0.05) is 17.8 Å². The topological polar surface area (TPSA) is 104 Å². The van der Waals surface area contributed by atoms with Crippen molar-refractivity contribution in [2.24, 2.45) is 0 Å². The summed E-state index contributed by atoms with van der Waals surface area (Å²) >= 11 is 1.43. The molecule has 0 spiro atoms. The Morgan fingerprint density at radius 3 is 2.06 bits per heavy atom. The smallest absolute Gasteiger partial charge is 0.0582 e. The van der Waals surface area contributed by atoms with Gasteiger partial charge in [-0.3, -0.25) is 0 Å². The zero-order valence-corrected chi connectivity index (χ0v) is 10.00. The SMILES string of the molecule is Nc1ccc(N)c(Sc2c(N)cccc2N)c1.